The molecule has 2 rings (SSSR count). The molecule has 88 valence electrons. The Morgan fingerprint density at radius 1 is 1.18 bits per heavy atom. The van der Waals surface area contributed by atoms with Gasteiger partial charge in [-0.05, 0) is 25.0 Å². The zero-order valence-corrected chi connectivity index (χ0v) is 10.2. The number of rotatable bonds is 2. The van der Waals surface area contributed by atoms with Gasteiger partial charge >= 0.3 is 0 Å². The lowest BCUT2D eigenvalue weighted by atomic mass is 10.1. The van der Waals surface area contributed by atoms with Crippen molar-refractivity contribution < 1.29 is 9.90 Å². The van der Waals surface area contributed by atoms with Gasteiger partial charge in [-0.3, -0.25) is 0 Å². The van der Waals surface area contributed by atoms with Crippen LogP contribution < -0.4 is 5.11 Å². The van der Waals surface area contributed by atoms with Gasteiger partial charge in [0.15, 0.2) is 0 Å². The minimum absolute atomic E-state index is 0.298. The fraction of sp³-hybridized carbons (Fsp3) is 0.214. The van der Waals surface area contributed by atoms with Crippen LogP contribution in [0, 0.1) is 13.8 Å². The van der Waals surface area contributed by atoms with Crippen molar-refractivity contribution in [3.63, 3.8) is 0 Å². The molecule has 0 amide bonds. The van der Waals surface area contributed by atoms with E-state index in [1.54, 1.807) is 6.92 Å². The molecule has 0 saturated carbocycles. The number of aromatic nitrogens is 1. The van der Waals surface area contributed by atoms with Crippen LogP contribution in [0.1, 0.15) is 21.6 Å². The number of aromatic carboxylic acids is 1. The van der Waals surface area contributed by atoms with Crippen LogP contribution in [-0.2, 0) is 7.05 Å². The molecular weight excluding hydrogens is 214 g/mol. The summed E-state index contributed by atoms with van der Waals surface area (Å²) in [5.74, 6) is -1.11. The molecule has 0 saturated heterocycles. The number of hydrogen-bond acceptors (Lipinski definition) is 2. The summed E-state index contributed by atoms with van der Waals surface area (Å²) in [4.78, 5) is 11.1. The second-order valence-corrected chi connectivity index (χ2v) is 4.15. The molecule has 0 atom stereocenters. The Morgan fingerprint density at radius 3 is 2.24 bits per heavy atom. The van der Waals surface area contributed by atoms with Crippen LogP contribution in [0.4, 0.5) is 0 Å². The number of nitrogens with zero attached hydrogens (tertiary/aromatic N) is 1. The van der Waals surface area contributed by atoms with E-state index in [2.05, 4.69) is 0 Å². The predicted molar refractivity (Wildman–Crippen MR) is 64.7 cm³/mol. The number of carboxylic acid groups (broad SMARTS) is 1. The first-order valence-corrected chi connectivity index (χ1v) is 5.46. The van der Waals surface area contributed by atoms with Crippen molar-refractivity contribution >= 4 is 5.97 Å². The molecule has 0 spiro atoms. The summed E-state index contributed by atoms with van der Waals surface area (Å²) in [5.41, 5.74) is 3.73. The zero-order valence-electron chi connectivity index (χ0n) is 10.2. The predicted octanol–water partition coefficient (Wildman–Crippen LogP) is 1.67. The molecule has 1 heterocycles. The van der Waals surface area contributed by atoms with Crippen molar-refractivity contribution in [2.75, 3.05) is 0 Å². The summed E-state index contributed by atoms with van der Waals surface area (Å²) in [7, 11) is 1.87. The SMILES string of the molecule is Cc1c(C(=O)[O-])c(C)n(C)c1-c1ccccc1. The molecule has 3 heteroatoms. The maximum atomic E-state index is 11.1. The second-order valence-electron chi connectivity index (χ2n) is 4.15. The minimum atomic E-state index is -1.11. The third-order valence-electron chi connectivity index (χ3n) is 3.18. The van der Waals surface area contributed by atoms with Gasteiger partial charge in [-0.25, -0.2) is 0 Å². The van der Waals surface area contributed by atoms with Gasteiger partial charge in [-0.2, -0.15) is 0 Å². The highest BCUT2D eigenvalue weighted by molar-refractivity contribution is 5.92. The van der Waals surface area contributed by atoms with E-state index in [1.807, 2.05) is 48.9 Å². The number of carbonyl (C=O) groups excluding carboxylic acids is 1. The van der Waals surface area contributed by atoms with E-state index in [9.17, 15) is 9.90 Å². The van der Waals surface area contributed by atoms with Crippen molar-refractivity contribution in [2.45, 2.75) is 13.8 Å². The van der Waals surface area contributed by atoms with Gasteiger partial charge in [-0.1, -0.05) is 30.3 Å². The molecule has 3 nitrogen and oxygen atoms in total. The molecule has 17 heavy (non-hydrogen) atoms. The van der Waals surface area contributed by atoms with E-state index >= 15 is 0 Å². The maximum Gasteiger partial charge on any atom is 0.0736 e. The van der Waals surface area contributed by atoms with E-state index in [-0.39, 0.29) is 0 Å². The first-order chi connectivity index (χ1) is 8.04. The Bertz CT molecular complexity index is 568. The van der Waals surface area contributed by atoms with Crippen LogP contribution in [0.2, 0.25) is 0 Å². The molecule has 1 aromatic carbocycles. The third kappa shape index (κ3) is 1.73. The smallest absolute Gasteiger partial charge is 0.0736 e. The molecule has 0 N–H and O–H groups in total. The molecule has 0 aliphatic carbocycles. The van der Waals surface area contributed by atoms with E-state index in [0.717, 1.165) is 22.5 Å². The molecule has 0 fully saturated rings. The van der Waals surface area contributed by atoms with Crippen molar-refractivity contribution in [1.82, 2.24) is 4.57 Å². The fourth-order valence-corrected chi connectivity index (χ4v) is 2.28. The number of carboxylic acids is 1. The lowest BCUT2D eigenvalue weighted by molar-refractivity contribution is -0.255. The summed E-state index contributed by atoms with van der Waals surface area (Å²) < 4.78 is 1.90. The minimum Gasteiger partial charge on any atom is -0.545 e. The average Bonchev–Trinajstić information content (AvgIpc) is 2.51. The molecule has 1 aromatic heterocycles. The Morgan fingerprint density at radius 2 is 1.76 bits per heavy atom. The van der Waals surface area contributed by atoms with Crippen molar-refractivity contribution in [3.05, 3.63) is 47.2 Å². The van der Waals surface area contributed by atoms with Gasteiger partial charge in [-0.15, -0.1) is 0 Å². The standard InChI is InChI=1S/C14H15NO2/c1-9-12(14(16)17)10(2)15(3)13(9)11-7-5-4-6-8-11/h4-8H,1-3H3,(H,16,17)/p-1. The summed E-state index contributed by atoms with van der Waals surface area (Å²) in [5, 5.41) is 11.1. The topological polar surface area (TPSA) is 45.1 Å². The Kier molecular flexibility index (Phi) is 2.76. The number of carbonyl (C=O) groups is 1. The highest BCUT2D eigenvalue weighted by atomic mass is 16.4. The average molecular weight is 228 g/mol. The van der Waals surface area contributed by atoms with Crippen LogP contribution in [0.3, 0.4) is 0 Å². The summed E-state index contributed by atoms with van der Waals surface area (Å²) in [6.07, 6.45) is 0. The van der Waals surface area contributed by atoms with Crippen LogP contribution in [0.5, 0.6) is 0 Å². The molecule has 0 aliphatic rings. The number of hydrogen-bond donors (Lipinski definition) is 0. The van der Waals surface area contributed by atoms with Gasteiger partial charge in [0.2, 0.25) is 0 Å². The zero-order chi connectivity index (χ0) is 12.6. The normalized spacial score (nSPS) is 10.5. The van der Waals surface area contributed by atoms with Gasteiger partial charge in [0.1, 0.15) is 0 Å². The van der Waals surface area contributed by atoms with E-state index < -0.39 is 5.97 Å². The Hall–Kier alpha value is -2.03. The largest absolute Gasteiger partial charge is 0.545 e. The molecule has 0 aliphatic heterocycles. The van der Waals surface area contributed by atoms with Gasteiger partial charge in [0.25, 0.3) is 0 Å². The molecule has 0 bridgehead atoms. The Balaban J connectivity index is 2.72. The Labute approximate surface area is 100 Å². The van der Waals surface area contributed by atoms with Crippen LogP contribution >= 0.6 is 0 Å². The molecule has 0 unspecified atom stereocenters. The van der Waals surface area contributed by atoms with Crippen molar-refractivity contribution in [1.29, 1.82) is 0 Å². The maximum absolute atomic E-state index is 11.1. The fourth-order valence-electron chi connectivity index (χ4n) is 2.28. The lowest BCUT2D eigenvalue weighted by Crippen LogP contribution is -2.23. The van der Waals surface area contributed by atoms with E-state index in [1.165, 1.54) is 0 Å². The second kappa shape index (κ2) is 4.09. The first kappa shape index (κ1) is 11.5. The number of benzene rings is 1. The van der Waals surface area contributed by atoms with Crippen LogP contribution in [0.25, 0.3) is 11.3 Å². The van der Waals surface area contributed by atoms with E-state index in [0.29, 0.717) is 5.56 Å². The summed E-state index contributed by atoms with van der Waals surface area (Å²) >= 11 is 0. The van der Waals surface area contributed by atoms with Gasteiger partial charge in [0.05, 0.1) is 11.7 Å². The van der Waals surface area contributed by atoms with Crippen LogP contribution in [-0.4, -0.2) is 10.5 Å². The quantitative estimate of drug-likeness (QED) is 0.785. The molecule has 0 radical (unpaired) electrons. The first-order valence-electron chi connectivity index (χ1n) is 5.46. The highest BCUT2D eigenvalue weighted by Crippen LogP contribution is 2.29. The van der Waals surface area contributed by atoms with Crippen LogP contribution in [0.15, 0.2) is 30.3 Å². The summed E-state index contributed by atoms with van der Waals surface area (Å²) in [6.45, 7) is 3.62. The van der Waals surface area contributed by atoms with Gasteiger partial charge < -0.3 is 14.5 Å². The molecule has 2 aromatic rings. The highest BCUT2D eigenvalue weighted by Gasteiger charge is 2.16. The lowest BCUT2D eigenvalue weighted by Gasteiger charge is -2.06. The summed E-state index contributed by atoms with van der Waals surface area (Å²) in [6, 6.07) is 9.77. The van der Waals surface area contributed by atoms with Crippen molar-refractivity contribution in [3.8, 4) is 11.3 Å². The monoisotopic (exact) mass is 228 g/mol. The third-order valence-corrected chi connectivity index (χ3v) is 3.18. The van der Waals surface area contributed by atoms with E-state index in [4.69, 9.17) is 0 Å². The van der Waals surface area contributed by atoms with Crippen molar-refractivity contribution in [2.24, 2.45) is 7.05 Å². The van der Waals surface area contributed by atoms with Gasteiger partial charge in [0, 0.05) is 18.3 Å². The molecular formula is C14H14NO2-.